The zero-order valence-electron chi connectivity index (χ0n) is 17.0. The van der Waals surface area contributed by atoms with Gasteiger partial charge in [0.2, 0.25) is 11.6 Å². The number of likely N-dealkylation sites (tertiary alicyclic amines) is 1. The topological polar surface area (TPSA) is 66.8 Å². The number of benzene rings is 1. The van der Waals surface area contributed by atoms with Crippen LogP contribution < -0.4 is 0 Å². The van der Waals surface area contributed by atoms with Gasteiger partial charge in [-0.1, -0.05) is 44.0 Å². The fourth-order valence-electron chi connectivity index (χ4n) is 4.40. The van der Waals surface area contributed by atoms with Crippen molar-refractivity contribution in [3.63, 3.8) is 0 Å². The number of fused-ring (bicyclic) bond motifs is 2. The van der Waals surface area contributed by atoms with Crippen molar-refractivity contribution in [2.45, 2.75) is 57.2 Å². The molecule has 0 aromatic heterocycles. The number of ether oxygens (including phenoxy) is 1. The van der Waals surface area contributed by atoms with Gasteiger partial charge in [-0.15, -0.1) is 11.8 Å². The van der Waals surface area contributed by atoms with Crippen molar-refractivity contribution in [3.8, 4) is 0 Å². The van der Waals surface area contributed by atoms with E-state index in [4.69, 9.17) is 4.74 Å². The standard InChI is InChI=1S/C23H29NO4S/c1-2-3-7-17(25)14-24-11-9-23(10-12-24)15-29-22-20(27)19(26)13-16-6-4-5-8-18(16)21(22)28-23/h4-6,8,17,25H,2-3,7,9-15H2,1H3. The third-order valence-electron chi connectivity index (χ3n) is 6.20. The first-order valence-corrected chi connectivity index (χ1v) is 11.6. The van der Waals surface area contributed by atoms with Crippen LogP contribution in [-0.2, 0) is 20.7 Å². The van der Waals surface area contributed by atoms with Crippen LogP contribution in [0.15, 0.2) is 29.2 Å². The SMILES string of the molecule is CCCCC(O)CN1CCC2(CC1)CSC1=C(O2)c2ccccc2CC(=O)C1=O. The molecule has 1 spiro atoms. The molecule has 0 bridgehead atoms. The quantitative estimate of drug-likeness (QED) is 0.745. The average molecular weight is 416 g/mol. The Morgan fingerprint density at radius 2 is 2.00 bits per heavy atom. The molecule has 1 atom stereocenters. The van der Waals surface area contributed by atoms with Crippen molar-refractivity contribution >= 4 is 29.1 Å². The van der Waals surface area contributed by atoms with Gasteiger partial charge in [0.05, 0.1) is 6.10 Å². The highest BCUT2D eigenvalue weighted by atomic mass is 32.2. The van der Waals surface area contributed by atoms with Gasteiger partial charge in [0, 0.05) is 50.2 Å². The minimum Gasteiger partial charge on any atom is -0.484 e. The number of aliphatic hydroxyl groups is 1. The van der Waals surface area contributed by atoms with E-state index < -0.39 is 5.78 Å². The van der Waals surface area contributed by atoms with E-state index in [1.54, 1.807) is 0 Å². The molecule has 5 nitrogen and oxygen atoms in total. The average Bonchev–Trinajstić information content (AvgIpc) is 2.83. The van der Waals surface area contributed by atoms with E-state index in [0.29, 0.717) is 23.0 Å². The van der Waals surface area contributed by atoms with Crippen LogP contribution in [0, 0.1) is 0 Å². The fourth-order valence-corrected chi connectivity index (χ4v) is 5.68. The Morgan fingerprint density at radius 1 is 1.24 bits per heavy atom. The Morgan fingerprint density at radius 3 is 2.76 bits per heavy atom. The number of hydrogen-bond acceptors (Lipinski definition) is 6. The van der Waals surface area contributed by atoms with Crippen molar-refractivity contribution in [1.29, 1.82) is 0 Å². The van der Waals surface area contributed by atoms with E-state index in [1.807, 2.05) is 24.3 Å². The van der Waals surface area contributed by atoms with E-state index in [9.17, 15) is 14.7 Å². The zero-order valence-corrected chi connectivity index (χ0v) is 17.8. The van der Waals surface area contributed by atoms with Gasteiger partial charge in [0.1, 0.15) is 16.3 Å². The lowest BCUT2D eigenvalue weighted by Crippen LogP contribution is -2.50. The summed E-state index contributed by atoms with van der Waals surface area (Å²) in [5.41, 5.74) is 1.44. The van der Waals surface area contributed by atoms with Crippen LogP contribution in [0.1, 0.15) is 50.2 Å². The van der Waals surface area contributed by atoms with E-state index in [-0.39, 0.29) is 23.9 Å². The molecule has 3 aliphatic rings. The predicted octanol–water partition coefficient (Wildman–Crippen LogP) is 3.20. The largest absolute Gasteiger partial charge is 0.484 e. The minimum atomic E-state index is -0.410. The number of carbonyl (C=O) groups excluding carboxylic acids is 2. The van der Waals surface area contributed by atoms with Gasteiger partial charge >= 0.3 is 0 Å². The van der Waals surface area contributed by atoms with Crippen LogP contribution in [0.3, 0.4) is 0 Å². The maximum absolute atomic E-state index is 12.6. The van der Waals surface area contributed by atoms with Crippen molar-refractivity contribution in [2.24, 2.45) is 0 Å². The van der Waals surface area contributed by atoms with Gasteiger partial charge < -0.3 is 14.7 Å². The summed E-state index contributed by atoms with van der Waals surface area (Å²) < 4.78 is 6.56. The Balaban J connectivity index is 1.49. The molecule has 2 heterocycles. The highest BCUT2D eigenvalue weighted by molar-refractivity contribution is 8.04. The van der Waals surface area contributed by atoms with Crippen LogP contribution in [0.25, 0.3) is 5.76 Å². The highest BCUT2D eigenvalue weighted by Crippen LogP contribution is 2.46. The molecule has 0 amide bonds. The molecule has 29 heavy (non-hydrogen) atoms. The van der Waals surface area contributed by atoms with Crippen molar-refractivity contribution < 1.29 is 19.4 Å². The smallest absolute Gasteiger partial charge is 0.239 e. The number of β-amino-alcohol motifs (C(OH)–C–C–N with tert-alkyl or cyclic N) is 1. The van der Waals surface area contributed by atoms with Crippen molar-refractivity contribution in [3.05, 3.63) is 40.3 Å². The van der Waals surface area contributed by atoms with Gasteiger partial charge in [-0.05, 0) is 12.0 Å². The molecule has 1 saturated heterocycles. The van der Waals surface area contributed by atoms with Crippen LogP contribution in [0.5, 0.6) is 0 Å². The first-order valence-electron chi connectivity index (χ1n) is 10.6. The lowest BCUT2D eigenvalue weighted by molar-refractivity contribution is -0.133. The second-order valence-corrected chi connectivity index (χ2v) is 9.40. The Kier molecular flexibility index (Phi) is 6.13. The number of piperidine rings is 1. The number of unbranched alkanes of at least 4 members (excludes halogenated alkanes) is 1. The molecule has 156 valence electrons. The van der Waals surface area contributed by atoms with Gasteiger partial charge in [0.25, 0.3) is 0 Å². The normalized spacial score (nSPS) is 22.7. The number of carbonyl (C=O) groups is 2. The van der Waals surface area contributed by atoms with Gasteiger partial charge in [-0.3, -0.25) is 9.59 Å². The molecule has 1 aliphatic carbocycles. The van der Waals surface area contributed by atoms with Gasteiger partial charge in [0.15, 0.2) is 0 Å². The lowest BCUT2D eigenvalue weighted by atomic mass is 9.92. The molecular weight excluding hydrogens is 386 g/mol. The van der Waals surface area contributed by atoms with E-state index >= 15 is 0 Å². The molecule has 1 N–H and O–H groups in total. The molecule has 1 fully saturated rings. The number of rotatable bonds is 5. The number of Topliss-reactive ketones (excluding diaryl/α,β-unsaturated/α-hetero) is 2. The molecule has 1 unspecified atom stereocenters. The van der Waals surface area contributed by atoms with Crippen LogP contribution in [0.2, 0.25) is 0 Å². The molecule has 0 saturated carbocycles. The zero-order chi connectivity index (χ0) is 20.4. The molecule has 1 aromatic rings. The van der Waals surface area contributed by atoms with E-state index in [2.05, 4.69) is 11.8 Å². The highest BCUT2D eigenvalue weighted by Gasteiger charge is 2.44. The predicted molar refractivity (Wildman–Crippen MR) is 115 cm³/mol. The molecule has 2 aliphatic heterocycles. The van der Waals surface area contributed by atoms with E-state index in [0.717, 1.165) is 56.3 Å². The maximum atomic E-state index is 12.6. The maximum Gasteiger partial charge on any atom is 0.239 e. The first kappa shape index (κ1) is 20.6. The van der Waals surface area contributed by atoms with Crippen LogP contribution in [-0.4, -0.2) is 58.7 Å². The number of nitrogens with zero attached hydrogens (tertiary/aromatic N) is 1. The second-order valence-electron chi connectivity index (χ2n) is 8.41. The Hall–Kier alpha value is -1.63. The number of allylic oxidation sites excluding steroid dienone is 1. The second kappa shape index (κ2) is 8.62. The van der Waals surface area contributed by atoms with E-state index in [1.165, 1.54) is 11.8 Å². The Bertz CT molecular complexity index is 826. The number of thioether (sulfide) groups is 1. The lowest BCUT2D eigenvalue weighted by Gasteiger charge is -2.45. The molecule has 0 radical (unpaired) electrons. The summed E-state index contributed by atoms with van der Waals surface area (Å²) in [5, 5.41) is 10.2. The fraction of sp³-hybridized carbons (Fsp3) is 0.565. The number of hydrogen-bond donors (Lipinski definition) is 1. The summed E-state index contributed by atoms with van der Waals surface area (Å²) in [5.74, 6) is 0.529. The van der Waals surface area contributed by atoms with Crippen molar-refractivity contribution in [1.82, 2.24) is 4.90 Å². The third kappa shape index (κ3) is 4.30. The number of ketones is 2. The summed E-state index contributed by atoms with van der Waals surface area (Å²) in [4.78, 5) is 27.8. The molecule has 4 rings (SSSR count). The molecular formula is C23H29NO4S. The minimum absolute atomic E-state index is 0.141. The third-order valence-corrected chi connectivity index (χ3v) is 7.53. The summed E-state index contributed by atoms with van der Waals surface area (Å²) in [6, 6.07) is 7.69. The first-order chi connectivity index (χ1) is 14.0. The summed E-state index contributed by atoms with van der Waals surface area (Å²) in [6.07, 6.45) is 4.61. The Labute approximate surface area is 176 Å². The number of aliphatic hydroxyl groups excluding tert-OH is 1. The summed E-state index contributed by atoms with van der Waals surface area (Å²) in [6.45, 7) is 4.61. The van der Waals surface area contributed by atoms with Gasteiger partial charge in [-0.25, -0.2) is 0 Å². The van der Waals surface area contributed by atoms with Crippen LogP contribution in [0.4, 0.5) is 0 Å². The van der Waals surface area contributed by atoms with Gasteiger partial charge in [-0.2, -0.15) is 0 Å². The van der Waals surface area contributed by atoms with Crippen molar-refractivity contribution in [2.75, 3.05) is 25.4 Å². The molecule has 1 aromatic carbocycles. The summed E-state index contributed by atoms with van der Waals surface area (Å²) >= 11 is 1.48. The summed E-state index contributed by atoms with van der Waals surface area (Å²) in [7, 11) is 0. The molecule has 6 heteroatoms. The van der Waals surface area contributed by atoms with Crippen LogP contribution >= 0.6 is 11.8 Å². The monoisotopic (exact) mass is 415 g/mol.